The number of morpholine rings is 1. The van der Waals surface area contributed by atoms with E-state index in [-0.39, 0.29) is 5.75 Å². The van der Waals surface area contributed by atoms with Crippen LogP contribution in [0.3, 0.4) is 0 Å². The minimum absolute atomic E-state index is 0.0394. The summed E-state index contributed by atoms with van der Waals surface area (Å²) in [5.74, 6) is 0.0394. The molecule has 0 bridgehead atoms. The second-order valence-electron chi connectivity index (χ2n) is 5.09. The SMILES string of the molecule is CN(CCCN1CCOCC1)c1ccc(C=O)c(O)c1. The second-order valence-corrected chi connectivity index (χ2v) is 5.09. The van der Waals surface area contributed by atoms with Crippen molar-refractivity contribution in [3.63, 3.8) is 0 Å². The number of rotatable bonds is 6. The van der Waals surface area contributed by atoms with Gasteiger partial charge in [-0.05, 0) is 18.6 Å². The molecule has 0 aromatic heterocycles. The lowest BCUT2D eigenvalue weighted by Crippen LogP contribution is -2.37. The van der Waals surface area contributed by atoms with E-state index in [0.29, 0.717) is 11.8 Å². The van der Waals surface area contributed by atoms with Gasteiger partial charge in [0.2, 0.25) is 0 Å². The Balaban J connectivity index is 1.80. The quantitative estimate of drug-likeness (QED) is 0.796. The molecule has 0 radical (unpaired) electrons. The molecule has 0 atom stereocenters. The highest BCUT2D eigenvalue weighted by molar-refractivity contribution is 5.80. The zero-order valence-corrected chi connectivity index (χ0v) is 11.9. The number of hydrogen-bond donors (Lipinski definition) is 1. The van der Waals surface area contributed by atoms with Crippen LogP contribution in [0, 0.1) is 0 Å². The molecule has 1 aromatic carbocycles. The van der Waals surface area contributed by atoms with E-state index in [2.05, 4.69) is 9.80 Å². The van der Waals surface area contributed by atoms with Gasteiger partial charge in [0.05, 0.1) is 18.8 Å². The highest BCUT2D eigenvalue weighted by Gasteiger charge is 2.10. The van der Waals surface area contributed by atoms with E-state index in [1.165, 1.54) is 0 Å². The van der Waals surface area contributed by atoms with E-state index in [4.69, 9.17) is 4.74 Å². The Morgan fingerprint density at radius 1 is 1.40 bits per heavy atom. The smallest absolute Gasteiger partial charge is 0.153 e. The molecule has 0 saturated carbocycles. The van der Waals surface area contributed by atoms with E-state index < -0.39 is 0 Å². The number of benzene rings is 1. The molecular formula is C15H22N2O3. The van der Waals surface area contributed by atoms with Crippen molar-refractivity contribution in [1.29, 1.82) is 0 Å². The van der Waals surface area contributed by atoms with Gasteiger partial charge in [0.1, 0.15) is 5.75 Å². The summed E-state index contributed by atoms with van der Waals surface area (Å²) in [5, 5.41) is 9.69. The first-order chi connectivity index (χ1) is 9.70. The normalized spacial score (nSPS) is 16.1. The fourth-order valence-corrected chi connectivity index (χ4v) is 2.35. The number of carbonyl (C=O) groups is 1. The maximum atomic E-state index is 10.7. The second kappa shape index (κ2) is 7.26. The van der Waals surface area contributed by atoms with Gasteiger partial charge in [-0.2, -0.15) is 0 Å². The molecule has 1 heterocycles. The van der Waals surface area contributed by atoms with Crippen molar-refractivity contribution >= 4 is 12.0 Å². The summed E-state index contributed by atoms with van der Waals surface area (Å²) in [7, 11) is 1.99. The van der Waals surface area contributed by atoms with Crippen LogP contribution in [-0.2, 0) is 4.74 Å². The molecule has 110 valence electrons. The molecule has 20 heavy (non-hydrogen) atoms. The summed E-state index contributed by atoms with van der Waals surface area (Å²) in [6.07, 6.45) is 1.73. The number of aldehydes is 1. The first kappa shape index (κ1) is 14.8. The van der Waals surface area contributed by atoms with Crippen LogP contribution in [0.5, 0.6) is 5.75 Å². The molecule has 0 unspecified atom stereocenters. The third kappa shape index (κ3) is 3.95. The number of ether oxygens (including phenoxy) is 1. The molecule has 1 N–H and O–H groups in total. The van der Waals surface area contributed by atoms with Crippen LogP contribution >= 0.6 is 0 Å². The Kier molecular flexibility index (Phi) is 5.38. The highest BCUT2D eigenvalue weighted by atomic mass is 16.5. The van der Waals surface area contributed by atoms with E-state index >= 15 is 0 Å². The maximum absolute atomic E-state index is 10.7. The van der Waals surface area contributed by atoms with Crippen LogP contribution in [0.15, 0.2) is 18.2 Å². The number of aromatic hydroxyl groups is 1. The van der Waals surface area contributed by atoms with Crippen LogP contribution < -0.4 is 4.90 Å². The third-order valence-corrected chi connectivity index (χ3v) is 3.65. The number of carbonyl (C=O) groups excluding carboxylic acids is 1. The molecule has 1 aliphatic rings. The summed E-state index contributed by atoms with van der Waals surface area (Å²) < 4.78 is 5.32. The van der Waals surface area contributed by atoms with E-state index in [9.17, 15) is 9.90 Å². The Morgan fingerprint density at radius 2 is 2.15 bits per heavy atom. The van der Waals surface area contributed by atoms with Gasteiger partial charge in [0.25, 0.3) is 0 Å². The Hall–Kier alpha value is -1.59. The zero-order chi connectivity index (χ0) is 14.4. The number of hydrogen-bond acceptors (Lipinski definition) is 5. The van der Waals surface area contributed by atoms with Crippen molar-refractivity contribution in [2.75, 3.05) is 51.3 Å². The molecule has 0 aliphatic carbocycles. The molecule has 1 aromatic rings. The third-order valence-electron chi connectivity index (χ3n) is 3.65. The monoisotopic (exact) mass is 278 g/mol. The predicted octanol–water partition coefficient (Wildman–Crippen LogP) is 1.36. The van der Waals surface area contributed by atoms with E-state index in [0.717, 1.165) is 51.5 Å². The number of phenolic OH excluding ortho intramolecular Hbond substituents is 1. The highest BCUT2D eigenvalue weighted by Crippen LogP contribution is 2.22. The van der Waals surface area contributed by atoms with Gasteiger partial charge >= 0.3 is 0 Å². The van der Waals surface area contributed by atoms with Crippen LogP contribution in [-0.4, -0.2) is 62.7 Å². The van der Waals surface area contributed by atoms with Crippen LogP contribution in [0.2, 0.25) is 0 Å². The first-order valence-corrected chi connectivity index (χ1v) is 7.00. The average Bonchev–Trinajstić information content (AvgIpc) is 2.48. The van der Waals surface area contributed by atoms with Crippen molar-refractivity contribution < 1.29 is 14.6 Å². The summed E-state index contributed by atoms with van der Waals surface area (Å²) >= 11 is 0. The topological polar surface area (TPSA) is 53.0 Å². The van der Waals surface area contributed by atoms with Gasteiger partial charge in [0.15, 0.2) is 6.29 Å². The Morgan fingerprint density at radius 3 is 2.80 bits per heavy atom. The lowest BCUT2D eigenvalue weighted by Gasteiger charge is -2.27. The van der Waals surface area contributed by atoms with Crippen molar-refractivity contribution in [1.82, 2.24) is 4.90 Å². The standard InChI is InChI=1S/C15H22N2O3/c1-16(5-2-6-17-7-9-20-10-8-17)14-4-3-13(12-18)15(19)11-14/h3-4,11-12,19H,2,5-10H2,1H3. The number of anilines is 1. The summed E-state index contributed by atoms with van der Waals surface area (Å²) in [6, 6.07) is 5.15. The summed E-state index contributed by atoms with van der Waals surface area (Å²) in [6.45, 7) is 5.66. The molecule has 5 heteroatoms. The summed E-state index contributed by atoms with van der Waals surface area (Å²) in [4.78, 5) is 15.2. The van der Waals surface area contributed by atoms with E-state index in [1.807, 2.05) is 13.1 Å². The number of nitrogens with zero attached hydrogens (tertiary/aromatic N) is 2. The Bertz CT molecular complexity index is 445. The fourth-order valence-electron chi connectivity index (χ4n) is 2.35. The van der Waals surface area contributed by atoms with Crippen LogP contribution in [0.25, 0.3) is 0 Å². The van der Waals surface area contributed by atoms with Gasteiger partial charge in [0, 0.05) is 45.0 Å². The van der Waals surface area contributed by atoms with Crippen molar-refractivity contribution in [3.05, 3.63) is 23.8 Å². The fraction of sp³-hybridized carbons (Fsp3) is 0.533. The van der Waals surface area contributed by atoms with Crippen LogP contribution in [0.1, 0.15) is 16.8 Å². The molecule has 5 nitrogen and oxygen atoms in total. The van der Waals surface area contributed by atoms with Crippen molar-refractivity contribution in [2.45, 2.75) is 6.42 Å². The average molecular weight is 278 g/mol. The van der Waals surface area contributed by atoms with Crippen molar-refractivity contribution in [3.8, 4) is 5.75 Å². The van der Waals surface area contributed by atoms with Gasteiger partial charge < -0.3 is 14.7 Å². The molecule has 1 saturated heterocycles. The summed E-state index contributed by atoms with van der Waals surface area (Å²) in [5.41, 5.74) is 1.26. The molecule has 0 spiro atoms. The van der Waals surface area contributed by atoms with E-state index in [1.54, 1.807) is 12.1 Å². The minimum Gasteiger partial charge on any atom is -0.507 e. The van der Waals surface area contributed by atoms with Gasteiger partial charge in [-0.15, -0.1) is 0 Å². The first-order valence-electron chi connectivity index (χ1n) is 7.00. The molecule has 1 fully saturated rings. The van der Waals surface area contributed by atoms with Gasteiger partial charge in [-0.25, -0.2) is 0 Å². The predicted molar refractivity (Wildman–Crippen MR) is 78.6 cm³/mol. The largest absolute Gasteiger partial charge is 0.507 e. The lowest BCUT2D eigenvalue weighted by atomic mass is 10.2. The number of phenols is 1. The maximum Gasteiger partial charge on any atom is 0.153 e. The van der Waals surface area contributed by atoms with Gasteiger partial charge in [-0.3, -0.25) is 9.69 Å². The molecule has 2 rings (SSSR count). The molecular weight excluding hydrogens is 256 g/mol. The van der Waals surface area contributed by atoms with Crippen molar-refractivity contribution in [2.24, 2.45) is 0 Å². The van der Waals surface area contributed by atoms with Crippen LogP contribution in [0.4, 0.5) is 5.69 Å². The lowest BCUT2D eigenvalue weighted by molar-refractivity contribution is 0.0377. The van der Waals surface area contributed by atoms with Gasteiger partial charge in [-0.1, -0.05) is 0 Å². The molecule has 1 aliphatic heterocycles. The Labute approximate surface area is 119 Å². The minimum atomic E-state index is 0.0394. The molecule has 0 amide bonds. The zero-order valence-electron chi connectivity index (χ0n) is 11.9.